The van der Waals surface area contributed by atoms with Crippen molar-refractivity contribution in [3.05, 3.63) is 124 Å². The van der Waals surface area contributed by atoms with E-state index in [0.717, 1.165) is 43.7 Å². The predicted molar refractivity (Wildman–Crippen MR) is 281 cm³/mol. The standard InChI is InChI=1S/C53H68N4O11Si.2ClH/c1-52(2,3)67-50(61)56(34-46(68-69(7,8)53(4,5)6)41-20-22-43(58)48-42(41)21-24-47(59)54-48)27-12-13-30-63-49(60)44-23-19-40(65-44)35-64-39-18-14-15-36(31-39)32-57(38-16-10-9-11-17-38)51(62)66-45-33-55-28-25-37(45)26-29-55;;/h9-11,14-24,31,37,45-46,58H,12-13,25-30,32-35H2,1-8H3,(H,54,59);2*1H/t45-,46-;;/m0../s1. The van der Waals surface area contributed by atoms with Gasteiger partial charge in [0.25, 0.3) is 0 Å². The maximum Gasteiger partial charge on any atom is 0.414 e. The normalized spacial score (nSPS) is 17.0. The number of pyridine rings is 1. The predicted octanol–water partition coefficient (Wildman–Crippen LogP) is 11.4. The third-order valence-corrected chi connectivity index (χ3v) is 17.7. The summed E-state index contributed by atoms with van der Waals surface area (Å²) in [6.45, 7) is 19.8. The molecule has 5 heterocycles. The first-order chi connectivity index (χ1) is 32.7. The lowest BCUT2D eigenvalue weighted by atomic mass is 9.86. The second-order valence-corrected chi connectivity index (χ2v) is 25.4. The van der Waals surface area contributed by atoms with Crippen LogP contribution in [0.15, 0.2) is 100 Å². The van der Waals surface area contributed by atoms with Gasteiger partial charge >= 0.3 is 18.2 Å². The first-order valence-corrected chi connectivity index (χ1v) is 26.9. The highest BCUT2D eigenvalue weighted by molar-refractivity contribution is 6.74. The molecule has 0 unspecified atom stereocenters. The van der Waals surface area contributed by atoms with Gasteiger partial charge in [-0.15, -0.1) is 24.8 Å². The van der Waals surface area contributed by atoms with Gasteiger partial charge in [0.2, 0.25) is 11.3 Å². The number of nitrogens with one attached hydrogen (secondary N) is 1. The summed E-state index contributed by atoms with van der Waals surface area (Å²) in [7, 11) is -2.46. The first-order valence-electron chi connectivity index (χ1n) is 24.0. The minimum absolute atomic E-state index is 0. The summed E-state index contributed by atoms with van der Waals surface area (Å²) in [6.07, 6.45) is 1.36. The van der Waals surface area contributed by atoms with Crippen LogP contribution in [-0.2, 0) is 31.8 Å². The van der Waals surface area contributed by atoms with E-state index in [4.69, 9.17) is 27.8 Å². The highest BCUT2D eigenvalue weighted by atomic mass is 35.5. The van der Waals surface area contributed by atoms with Gasteiger partial charge in [0.15, 0.2) is 8.32 Å². The molecule has 0 radical (unpaired) electrons. The Kier molecular flexibility index (Phi) is 19.3. The molecule has 8 rings (SSSR count). The molecule has 3 aromatic carbocycles. The Bertz CT molecular complexity index is 2620. The van der Waals surface area contributed by atoms with Gasteiger partial charge in [-0.1, -0.05) is 57.2 Å². The van der Waals surface area contributed by atoms with Crippen LogP contribution in [-0.4, -0.2) is 97.4 Å². The van der Waals surface area contributed by atoms with Crippen LogP contribution >= 0.6 is 24.8 Å². The van der Waals surface area contributed by atoms with Gasteiger partial charge < -0.3 is 42.8 Å². The number of unbranched alkanes of at least 4 members (excludes halogenated alkanes) is 1. The Morgan fingerprint density at radius 1 is 0.887 bits per heavy atom. The topological polar surface area (TPSA) is 173 Å². The van der Waals surface area contributed by atoms with E-state index < -0.39 is 32.1 Å². The van der Waals surface area contributed by atoms with E-state index in [-0.39, 0.29) is 97.5 Å². The zero-order chi connectivity index (χ0) is 49.5. The number of furan rings is 1. The van der Waals surface area contributed by atoms with Crippen LogP contribution in [0, 0.1) is 5.92 Å². The van der Waals surface area contributed by atoms with Gasteiger partial charge in [0.05, 0.1) is 31.3 Å². The van der Waals surface area contributed by atoms with Crippen LogP contribution in [0.3, 0.4) is 0 Å². The maximum atomic E-state index is 13.8. The number of fused-ring (bicyclic) bond motifs is 4. The number of phenols is 1. The van der Waals surface area contributed by atoms with Crippen molar-refractivity contribution in [2.45, 2.75) is 116 Å². The lowest BCUT2D eigenvalue weighted by Gasteiger charge is -2.44. The number of carbonyl (C=O) groups excluding carboxylic acids is 3. The molecule has 5 aromatic rings. The van der Waals surface area contributed by atoms with Crippen molar-refractivity contribution >= 4 is 67.9 Å². The van der Waals surface area contributed by atoms with E-state index in [1.165, 1.54) is 12.1 Å². The van der Waals surface area contributed by atoms with E-state index in [0.29, 0.717) is 41.2 Å². The molecule has 0 aliphatic carbocycles. The highest BCUT2D eigenvalue weighted by Gasteiger charge is 2.41. The van der Waals surface area contributed by atoms with E-state index in [9.17, 15) is 24.3 Å². The number of benzene rings is 3. The third-order valence-electron chi connectivity index (χ3n) is 13.2. The number of ether oxygens (including phenoxy) is 4. The highest BCUT2D eigenvalue weighted by Crippen LogP contribution is 2.42. The molecule has 386 valence electrons. The Labute approximate surface area is 430 Å². The fraction of sp³-hybridized carbons (Fsp3) is 0.472. The van der Waals surface area contributed by atoms with Gasteiger partial charge in [-0.2, -0.15) is 0 Å². The summed E-state index contributed by atoms with van der Waals surface area (Å²) >= 11 is 0. The average Bonchev–Trinajstić information content (AvgIpc) is 3.79. The van der Waals surface area contributed by atoms with Crippen molar-refractivity contribution < 1.29 is 47.3 Å². The molecule has 71 heavy (non-hydrogen) atoms. The number of amides is 2. The van der Waals surface area contributed by atoms with Crippen molar-refractivity contribution in [3.8, 4) is 11.5 Å². The number of rotatable bonds is 18. The summed E-state index contributed by atoms with van der Waals surface area (Å²) in [5, 5.41) is 11.1. The second-order valence-electron chi connectivity index (χ2n) is 20.6. The van der Waals surface area contributed by atoms with Crippen LogP contribution in [0.1, 0.15) is 101 Å². The molecule has 0 saturated carbocycles. The smallest absolute Gasteiger partial charge is 0.414 e. The van der Waals surface area contributed by atoms with Crippen molar-refractivity contribution in [2.75, 3.05) is 44.2 Å². The lowest BCUT2D eigenvalue weighted by molar-refractivity contribution is -0.0311. The fourth-order valence-corrected chi connectivity index (χ4v) is 9.70. The number of aromatic amines is 1. The summed E-state index contributed by atoms with van der Waals surface area (Å²) in [5.41, 5.74) is 1.48. The molecule has 2 bridgehead atoms. The van der Waals surface area contributed by atoms with Crippen LogP contribution in [0.2, 0.25) is 18.1 Å². The van der Waals surface area contributed by atoms with Crippen molar-refractivity contribution in [1.82, 2.24) is 14.8 Å². The Morgan fingerprint density at radius 2 is 1.62 bits per heavy atom. The molecule has 3 aliphatic heterocycles. The fourth-order valence-electron chi connectivity index (χ4n) is 8.44. The number of nitrogens with zero attached hydrogens (tertiary/aromatic N) is 3. The summed E-state index contributed by atoms with van der Waals surface area (Å²) in [6, 6.07) is 26.6. The molecule has 3 aliphatic rings. The summed E-state index contributed by atoms with van der Waals surface area (Å²) in [4.78, 5) is 61.3. The molecule has 15 nitrogen and oxygen atoms in total. The van der Waals surface area contributed by atoms with Gasteiger partial charge in [-0.3, -0.25) is 14.6 Å². The molecule has 3 fully saturated rings. The molecular weight excluding hydrogens is 968 g/mol. The van der Waals surface area contributed by atoms with E-state index >= 15 is 0 Å². The molecular formula is C53H70Cl2N4O11Si. The zero-order valence-electron chi connectivity index (χ0n) is 42.1. The number of hydrogen-bond donors (Lipinski definition) is 2. The minimum Gasteiger partial charge on any atom is -0.506 e. The average molecular weight is 1040 g/mol. The van der Waals surface area contributed by atoms with E-state index in [1.807, 2.05) is 54.6 Å². The Balaban J connectivity index is 0.00000469. The molecule has 18 heteroatoms. The number of carbonyl (C=O) groups is 3. The third kappa shape index (κ3) is 15.0. The van der Waals surface area contributed by atoms with Gasteiger partial charge in [0.1, 0.15) is 35.6 Å². The lowest BCUT2D eigenvalue weighted by Crippen LogP contribution is -2.53. The number of aromatic nitrogens is 1. The molecule has 2 atom stereocenters. The van der Waals surface area contributed by atoms with Crippen LogP contribution in [0.4, 0.5) is 15.3 Å². The first kappa shape index (κ1) is 56.4. The SMILES string of the molecule is CC(C)(C)OC(=O)N(CCCCOC(=O)c1ccc(COc2cccc(CN(C(=O)O[C@H]3CN4CCC3CC4)c3ccccc3)c2)o1)C[C@H](O[Si](C)(C)C(C)(C)C)c1ccc(O)c2[nH]c(=O)ccc12.Cl.Cl. The van der Waals surface area contributed by atoms with Gasteiger partial charge in [-0.05, 0) is 143 Å². The van der Waals surface area contributed by atoms with Gasteiger partial charge in [0, 0.05) is 30.2 Å². The minimum atomic E-state index is -2.46. The van der Waals surface area contributed by atoms with Crippen LogP contribution in [0.25, 0.3) is 10.9 Å². The summed E-state index contributed by atoms with van der Waals surface area (Å²) in [5.74, 6) is 0.721. The Hall–Kier alpha value is -5.52. The molecule has 2 amide bonds. The molecule has 2 aromatic heterocycles. The van der Waals surface area contributed by atoms with Gasteiger partial charge in [-0.25, -0.2) is 14.4 Å². The maximum absolute atomic E-state index is 13.8. The summed E-state index contributed by atoms with van der Waals surface area (Å²) < 4.78 is 36.5. The number of H-pyrrole nitrogens is 1. The number of hydrogen-bond acceptors (Lipinski definition) is 12. The number of halogens is 2. The molecule has 3 saturated heterocycles. The number of para-hydroxylation sites is 1. The number of anilines is 1. The van der Waals surface area contributed by atoms with Crippen LogP contribution < -0.4 is 15.2 Å². The largest absolute Gasteiger partial charge is 0.506 e. The number of aromatic hydroxyl groups is 1. The van der Waals surface area contributed by atoms with Crippen molar-refractivity contribution in [1.29, 1.82) is 0 Å². The second kappa shape index (κ2) is 24.3. The van der Waals surface area contributed by atoms with Crippen molar-refractivity contribution in [3.63, 3.8) is 0 Å². The molecule has 0 spiro atoms. The van der Waals surface area contributed by atoms with Crippen LogP contribution in [0.5, 0.6) is 11.5 Å². The van der Waals surface area contributed by atoms with Crippen molar-refractivity contribution in [2.24, 2.45) is 5.92 Å². The molecule has 2 N–H and O–H groups in total. The number of phenolic OH excluding ortho intramolecular Hbond substituents is 1. The van der Waals surface area contributed by atoms with E-state index in [2.05, 4.69) is 43.7 Å². The quantitative estimate of drug-likeness (QED) is 0.0369. The van der Waals surface area contributed by atoms with E-state index in [1.54, 1.807) is 54.8 Å². The monoisotopic (exact) mass is 1040 g/mol. The number of piperidine rings is 3. The Morgan fingerprint density at radius 3 is 2.30 bits per heavy atom. The number of esters is 1. The zero-order valence-corrected chi connectivity index (χ0v) is 44.7.